The van der Waals surface area contributed by atoms with E-state index in [1.807, 2.05) is 23.6 Å². The van der Waals surface area contributed by atoms with E-state index in [1.165, 1.54) is 0 Å². The van der Waals surface area contributed by atoms with Crippen molar-refractivity contribution < 1.29 is 9.90 Å². The first-order chi connectivity index (χ1) is 12.9. The lowest BCUT2D eigenvalue weighted by Gasteiger charge is -2.16. The van der Waals surface area contributed by atoms with Crippen LogP contribution in [-0.4, -0.2) is 20.7 Å². The number of halogens is 2. The summed E-state index contributed by atoms with van der Waals surface area (Å²) in [6.07, 6.45) is 3.24. The predicted molar refractivity (Wildman–Crippen MR) is 110 cm³/mol. The normalized spacial score (nSPS) is 11.3. The number of hydrogen-bond acceptors (Lipinski definition) is 2. The minimum atomic E-state index is -0.763. The number of rotatable bonds is 7. The van der Waals surface area contributed by atoms with Gasteiger partial charge in [-0.25, -0.2) is 4.52 Å². The van der Waals surface area contributed by atoms with Crippen LogP contribution in [0.5, 0.6) is 0 Å². The van der Waals surface area contributed by atoms with Crippen LogP contribution < -0.4 is 0 Å². The molecule has 27 heavy (non-hydrogen) atoms. The van der Waals surface area contributed by atoms with Gasteiger partial charge in [-0.05, 0) is 74.1 Å². The van der Waals surface area contributed by atoms with Crippen molar-refractivity contribution in [3.63, 3.8) is 0 Å². The van der Waals surface area contributed by atoms with Crippen molar-refractivity contribution in [2.45, 2.75) is 46.0 Å². The molecule has 0 aliphatic carbocycles. The molecule has 4 nitrogen and oxygen atoms in total. The Kier molecular flexibility index (Phi) is 6.08. The third kappa shape index (κ3) is 4.28. The number of aliphatic carboxylic acids is 1. The molecule has 0 bridgehead atoms. The van der Waals surface area contributed by atoms with Gasteiger partial charge in [0.25, 0.3) is 0 Å². The van der Waals surface area contributed by atoms with Crippen LogP contribution in [0, 0.1) is 6.92 Å². The van der Waals surface area contributed by atoms with E-state index < -0.39 is 5.97 Å². The van der Waals surface area contributed by atoms with Crippen LogP contribution in [0.3, 0.4) is 0 Å². The minimum Gasteiger partial charge on any atom is -0.481 e. The van der Waals surface area contributed by atoms with Gasteiger partial charge in [0.15, 0.2) is 0 Å². The Hall–Kier alpha value is -2.04. The molecular weight excluding hydrogens is 383 g/mol. The Labute approximate surface area is 168 Å². The highest BCUT2D eigenvalue weighted by Gasteiger charge is 2.17. The number of aromatic nitrogens is 2. The molecule has 0 aliphatic heterocycles. The number of benzene rings is 1. The zero-order valence-electron chi connectivity index (χ0n) is 15.4. The summed E-state index contributed by atoms with van der Waals surface area (Å²) in [5.74, 6) is -0.763. The monoisotopic (exact) mass is 404 g/mol. The van der Waals surface area contributed by atoms with E-state index in [0.29, 0.717) is 16.5 Å². The number of hydrogen-bond donors (Lipinski definition) is 1. The van der Waals surface area contributed by atoms with Crippen LogP contribution >= 0.6 is 23.2 Å². The second-order valence-corrected chi connectivity index (χ2v) is 7.55. The number of carbonyl (C=O) groups is 1. The first-order valence-corrected chi connectivity index (χ1v) is 9.84. The molecule has 2 heterocycles. The number of carboxylic acid groups (broad SMARTS) is 1. The molecule has 1 N–H and O–H groups in total. The summed E-state index contributed by atoms with van der Waals surface area (Å²) < 4.78 is 1.99. The summed E-state index contributed by atoms with van der Waals surface area (Å²) in [4.78, 5) is 10.8. The van der Waals surface area contributed by atoms with E-state index in [-0.39, 0.29) is 6.42 Å². The molecule has 0 amide bonds. The average molecular weight is 405 g/mol. The number of unbranched alkanes of at least 4 members (excludes halogenated alkanes) is 1. The summed E-state index contributed by atoms with van der Waals surface area (Å²) in [6.45, 7) is 4.11. The van der Waals surface area contributed by atoms with Crippen molar-refractivity contribution >= 4 is 34.7 Å². The highest BCUT2D eigenvalue weighted by molar-refractivity contribution is 6.35. The molecular formula is C21H22Cl2N2O2. The van der Waals surface area contributed by atoms with Crippen LogP contribution in [0.4, 0.5) is 0 Å². The molecule has 0 atom stereocenters. The predicted octanol–water partition coefficient (Wildman–Crippen LogP) is 5.98. The van der Waals surface area contributed by atoms with Gasteiger partial charge in [0.05, 0.1) is 11.2 Å². The highest BCUT2D eigenvalue weighted by atomic mass is 35.5. The minimum absolute atomic E-state index is 0.179. The molecule has 0 fully saturated rings. The second-order valence-electron chi connectivity index (χ2n) is 6.67. The van der Waals surface area contributed by atoms with Gasteiger partial charge in [-0.15, -0.1) is 0 Å². The number of nitrogens with zero attached hydrogens (tertiary/aromatic N) is 2. The molecule has 6 heteroatoms. The molecule has 0 saturated heterocycles. The third-order valence-electron chi connectivity index (χ3n) is 4.76. The van der Waals surface area contributed by atoms with Crippen molar-refractivity contribution in [3.05, 3.63) is 57.3 Å². The Bertz CT molecular complexity index is 975. The van der Waals surface area contributed by atoms with E-state index >= 15 is 0 Å². The maximum Gasteiger partial charge on any atom is 0.303 e. The van der Waals surface area contributed by atoms with Gasteiger partial charge in [-0.1, -0.05) is 30.1 Å². The maximum absolute atomic E-state index is 10.8. The van der Waals surface area contributed by atoms with Gasteiger partial charge >= 0.3 is 5.97 Å². The summed E-state index contributed by atoms with van der Waals surface area (Å²) in [5, 5.41) is 14.8. The van der Waals surface area contributed by atoms with Crippen LogP contribution in [0.25, 0.3) is 16.6 Å². The maximum atomic E-state index is 10.8. The summed E-state index contributed by atoms with van der Waals surface area (Å²) in [5.41, 5.74) is 6.24. The van der Waals surface area contributed by atoms with Crippen LogP contribution in [0.2, 0.25) is 10.0 Å². The summed E-state index contributed by atoms with van der Waals surface area (Å²) >= 11 is 12.5. The van der Waals surface area contributed by atoms with Crippen molar-refractivity contribution in [3.8, 4) is 11.1 Å². The lowest BCUT2D eigenvalue weighted by atomic mass is 9.94. The van der Waals surface area contributed by atoms with Crippen LogP contribution in [0.15, 0.2) is 30.3 Å². The number of aryl methyl sites for hydroxylation is 2. The average Bonchev–Trinajstić information content (AvgIpc) is 2.99. The van der Waals surface area contributed by atoms with Crippen LogP contribution in [-0.2, 0) is 17.6 Å². The first-order valence-electron chi connectivity index (χ1n) is 9.09. The summed E-state index contributed by atoms with van der Waals surface area (Å²) in [6, 6.07) is 9.73. The lowest BCUT2D eigenvalue weighted by Crippen LogP contribution is -2.06. The number of fused-ring (bicyclic) bond motifs is 1. The van der Waals surface area contributed by atoms with Crippen molar-refractivity contribution in [2.24, 2.45) is 0 Å². The zero-order valence-corrected chi connectivity index (χ0v) is 16.9. The molecule has 0 unspecified atom stereocenters. The zero-order chi connectivity index (χ0) is 19.6. The fraction of sp³-hybridized carbons (Fsp3) is 0.333. The topological polar surface area (TPSA) is 54.6 Å². The Morgan fingerprint density at radius 1 is 1.15 bits per heavy atom. The van der Waals surface area contributed by atoms with E-state index in [0.717, 1.165) is 52.9 Å². The van der Waals surface area contributed by atoms with Crippen LogP contribution in [0.1, 0.15) is 43.1 Å². The summed E-state index contributed by atoms with van der Waals surface area (Å²) in [7, 11) is 0. The van der Waals surface area contributed by atoms with Gasteiger partial charge in [0, 0.05) is 27.7 Å². The molecule has 2 aromatic heterocycles. The molecule has 1 aromatic carbocycles. The molecule has 142 valence electrons. The Morgan fingerprint density at radius 2 is 1.85 bits per heavy atom. The standard InChI is InChI=1S/C21H22Cl2N2O2/c1-3-17-8-9-19-21(14-10-15(22)12-16(23)11-14)18(13(2)24-25(17)19)6-4-5-7-20(26)27/h8-12H,3-7H2,1-2H3,(H,26,27). The van der Waals surface area contributed by atoms with E-state index in [9.17, 15) is 4.79 Å². The molecule has 0 spiro atoms. The molecule has 0 aliphatic rings. The number of carboxylic acids is 1. The van der Waals surface area contributed by atoms with Gasteiger partial charge in [-0.3, -0.25) is 4.79 Å². The van der Waals surface area contributed by atoms with Gasteiger partial charge < -0.3 is 5.11 Å². The van der Waals surface area contributed by atoms with Crippen molar-refractivity contribution in [1.82, 2.24) is 9.61 Å². The third-order valence-corrected chi connectivity index (χ3v) is 5.20. The SMILES string of the molecule is CCc1ccc2c(-c3cc(Cl)cc(Cl)c3)c(CCCCC(=O)O)c(C)nn12. The molecule has 3 aromatic rings. The Morgan fingerprint density at radius 3 is 2.48 bits per heavy atom. The van der Waals surface area contributed by atoms with Gasteiger partial charge in [0.1, 0.15) is 0 Å². The first kappa shape index (κ1) is 19.7. The highest BCUT2D eigenvalue weighted by Crippen LogP contribution is 2.35. The largest absolute Gasteiger partial charge is 0.481 e. The fourth-order valence-electron chi connectivity index (χ4n) is 3.50. The van der Waals surface area contributed by atoms with E-state index in [4.69, 9.17) is 33.4 Å². The van der Waals surface area contributed by atoms with Crippen molar-refractivity contribution in [2.75, 3.05) is 0 Å². The van der Waals surface area contributed by atoms with E-state index in [2.05, 4.69) is 19.1 Å². The fourth-order valence-corrected chi connectivity index (χ4v) is 4.02. The Balaban J connectivity index is 2.15. The molecule has 3 rings (SSSR count). The quantitative estimate of drug-likeness (QED) is 0.492. The van der Waals surface area contributed by atoms with Gasteiger partial charge in [-0.2, -0.15) is 5.10 Å². The molecule has 0 radical (unpaired) electrons. The molecule has 0 saturated carbocycles. The van der Waals surface area contributed by atoms with Gasteiger partial charge in [0.2, 0.25) is 0 Å². The smallest absolute Gasteiger partial charge is 0.303 e. The van der Waals surface area contributed by atoms with Crippen molar-refractivity contribution in [1.29, 1.82) is 0 Å². The van der Waals surface area contributed by atoms with E-state index in [1.54, 1.807) is 6.07 Å². The second kappa shape index (κ2) is 8.32. The lowest BCUT2D eigenvalue weighted by molar-refractivity contribution is -0.137.